The van der Waals surface area contributed by atoms with Crippen molar-refractivity contribution in [1.82, 2.24) is 10.6 Å². The SMILES string of the molecule is CC1(c2cccc(NS(=O)(=O)c3ccc(CCCCl)cc3)c2)NC(=O)NC1=O. The molecule has 0 aliphatic carbocycles. The van der Waals surface area contributed by atoms with Crippen LogP contribution in [0.4, 0.5) is 10.5 Å². The van der Waals surface area contributed by atoms with Crippen LogP contribution in [-0.4, -0.2) is 26.2 Å². The molecule has 148 valence electrons. The van der Waals surface area contributed by atoms with Crippen molar-refractivity contribution < 1.29 is 18.0 Å². The molecule has 1 fully saturated rings. The lowest BCUT2D eigenvalue weighted by Crippen LogP contribution is -2.40. The fraction of sp³-hybridized carbons (Fsp3) is 0.263. The van der Waals surface area contributed by atoms with E-state index in [4.69, 9.17) is 11.6 Å². The lowest BCUT2D eigenvalue weighted by molar-refractivity contribution is -0.123. The van der Waals surface area contributed by atoms with E-state index in [1.807, 2.05) is 0 Å². The Kier molecular flexibility index (Phi) is 5.62. The molecule has 3 amide bonds. The van der Waals surface area contributed by atoms with Gasteiger partial charge in [0.2, 0.25) is 0 Å². The minimum absolute atomic E-state index is 0.130. The number of anilines is 1. The summed E-state index contributed by atoms with van der Waals surface area (Å²) in [6.45, 7) is 1.56. The number of alkyl halides is 1. The second kappa shape index (κ2) is 7.81. The van der Waals surface area contributed by atoms with Gasteiger partial charge >= 0.3 is 6.03 Å². The van der Waals surface area contributed by atoms with E-state index >= 15 is 0 Å². The Morgan fingerprint density at radius 1 is 1.11 bits per heavy atom. The van der Waals surface area contributed by atoms with Crippen LogP contribution in [0.25, 0.3) is 0 Å². The number of sulfonamides is 1. The molecule has 0 aromatic heterocycles. The highest BCUT2D eigenvalue weighted by Gasteiger charge is 2.43. The molecule has 0 radical (unpaired) electrons. The van der Waals surface area contributed by atoms with Crippen molar-refractivity contribution in [1.29, 1.82) is 0 Å². The Bertz CT molecular complexity index is 1010. The summed E-state index contributed by atoms with van der Waals surface area (Å²) in [6.07, 6.45) is 1.60. The summed E-state index contributed by atoms with van der Waals surface area (Å²) in [4.78, 5) is 23.7. The molecule has 0 bridgehead atoms. The predicted octanol–water partition coefficient (Wildman–Crippen LogP) is 2.71. The van der Waals surface area contributed by atoms with Gasteiger partial charge < -0.3 is 5.32 Å². The third kappa shape index (κ3) is 4.13. The van der Waals surface area contributed by atoms with Gasteiger partial charge in [0.15, 0.2) is 0 Å². The average molecular weight is 422 g/mol. The van der Waals surface area contributed by atoms with Gasteiger partial charge in [-0.3, -0.25) is 14.8 Å². The maximum absolute atomic E-state index is 12.7. The molecule has 2 aromatic rings. The monoisotopic (exact) mass is 421 g/mol. The Labute approximate surface area is 168 Å². The molecule has 1 aliphatic heterocycles. The molecule has 1 heterocycles. The van der Waals surface area contributed by atoms with Gasteiger partial charge in [0, 0.05) is 11.6 Å². The van der Waals surface area contributed by atoms with Crippen molar-refractivity contribution in [3.63, 3.8) is 0 Å². The van der Waals surface area contributed by atoms with Crippen molar-refractivity contribution >= 4 is 39.2 Å². The lowest BCUT2D eigenvalue weighted by atomic mass is 9.92. The van der Waals surface area contributed by atoms with E-state index in [1.54, 1.807) is 49.4 Å². The zero-order chi connectivity index (χ0) is 20.4. The number of aryl methyl sites for hydroxylation is 1. The molecule has 2 aromatic carbocycles. The van der Waals surface area contributed by atoms with Crippen molar-refractivity contribution in [2.24, 2.45) is 0 Å². The number of urea groups is 1. The number of nitrogens with one attached hydrogen (secondary N) is 3. The van der Waals surface area contributed by atoms with Gasteiger partial charge in [-0.05, 0) is 55.2 Å². The van der Waals surface area contributed by atoms with E-state index in [0.717, 1.165) is 18.4 Å². The lowest BCUT2D eigenvalue weighted by Gasteiger charge is -2.21. The largest absolute Gasteiger partial charge is 0.322 e. The van der Waals surface area contributed by atoms with Crippen LogP contribution in [-0.2, 0) is 26.8 Å². The minimum Gasteiger partial charge on any atom is -0.320 e. The molecule has 7 nitrogen and oxygen atoms in total. The first-order valence-corrected chi connectivity index (χ1v) is 10.7. The standard InChI is InChI=1S/C19H20ClN3O4S/c1-19(17(24)21-18(25)22-19)14-5-2-6-15(12-14)23-28(26,27)16-9-7-13(8-10-16)4-3-11-20/h2,5-10,12,23H,3-4,11H2,1H3,(H2,21,22,24,25). The zero-order valence-corrected chi connectivity index (χ0v) is 16.7. The highest BCUT2D eigenvalue weighted by atomic mass is 35.5. The molecular weight excluding hydrogens is 402 g/mol. The summed E-state index contributed by atoms with van der Waals surface area (Å²) in [5.74, 6) is 0.0556. The van der Waals surface area contributed by atoms with Crippen LogP contribution in [0.5, 0.6) is 0 Å². The van der Waals surface area contributed by atoms with Crippen molar-refractivity contribution in [2.45, 2.75) is 30.2 Å². The van der Waals surface area contributed by atoms with Gasteiger partial charge in [0.1, 0.15) is 5.54 Å². The third-order valence-corrected chi connectivity index (χ3v) is 6.23. The van der Waals surface area contributed by atoms with Crippen LogP contribution in [0.3, 0.4) is 0 Å². The van der Waals surface area contributed by atoms with Crippen molar-refractivity contribution in [2.75, 3.05) is 10.6 Å². The first-order valence-electron chi connectivity index (χ1n) is 8.66. The summed E-state index contributed by atoms with van der Waals surface area (Å²) >= 11 is 5.68. The maximum Gasteiger partial charge on any atom is 0.322 e. The molecule has 28 heavy (non-hydrogen) atoms. The maximum atomic E-state index is 12.7. The number of halogens is 1. The van der Waals surface area contributed by atoms with E-state index in [1.165, 1.54) is 6.07 Å². The quantitative estimate of drug-likeness (QED) is 0.472. The van der Waals surface area contributed by atoms with E-state index in [2.05, 4.69) is 15.4 Å². The Morgan fingerprint density at radius 2 is 1.82 bits per heavy atom. The summed E-state index contributed by atoms with van der Waals surface area (Å²) in [5, 5.41) is 4.74. The average Bonchev–Trinajstić information content (AvgIpc) is 2.93. The van der Waals surface area contributed by atoms with Crippen LogP contribution < -0.4 is 15.4 Å². The number of rotatable bonds is 7. The highest BCUT2D eigenvalue weighted by Crippen LogP contribution is 2.27. The molecular formula is C19H20ClN3O4S. The Hall–Kier alpha value is -2.58. The summed E-state index contributed by atoms with van der Waals surface area (Å²) in [7, 11) is -3.80. The van der Waals surface area contributed by atoms with Crippen LogP contribution in [0.1, 0.15) is 24.5 Å². The molecule has 1 saturated heterocycles. The van der Waals surface area contributed by atoms with Crippen LogP contribution >= 0.6 is 11.6 Å². The molecule has 3 N–H and O–H groups in total. The van der Waals surface area contributed by atoms with Gasteiger partial charge in [-0.25, -0.2) is 13.2 Å². The van der Waals surface area contributed by atoms with Gasteiger partial charge in [-0.2, -0.15) is 0 Å². The van der Waals surface area contributed by atoms with Crippen molar-refractivity contribution in [3.05, 3.63) is 59.7 Å². The fourth-order valence-corrected chi connectivity index (χ4v) is 4.14. The topological polar surface area (TPSA) is 104 Å². The highest BCUT2D eigenvalue weighted by molar-refractivity contribution is 7.92. The van der Waals surface area contributed by atoms with Gasteiger partial charge in [-0.15, -0.1) is 11.6 Å². The Morgan fingerprint density at radius 3 is 2.43 bits per heavy atom. The smallest absolute Gasteiger partial charge is 0.320 e. The van der Waals surface area contributed by atoms with Crippen LogP contribution in [0.15, 0.2) is 53.4 Å². The number of carbonyl (C=O) groups excluding carboxylic acids is 2. The van der Waals surface area contributed by atoms with Gasteiger partial charge in [0.25, 0.3) is 15.9 Å². The zero-order valence-electron chi connectivity index (χ0n) is 15.2. The number of benzene rings is 2. The minimum atomic E-state index is -3.80. The van der Waals surface area contributed by atoms with Gasteiger partial charge in [-0.1, -0.05) is 24.3 Å². The molecule has 1 aliphatic rings. The van der Waals surface area contributed by atoms with E-state index in [-0.39, 0.29) is 4.90 Å². The van der Waals surface area contributed by atoms with E-state index in [9.17, 15) is 18.0 Å². The van der Waals surface area contributed by atoms with E-state index < -0.39 is 27.5 Å². The normalized spacial score (nSPS) is 19.2. The fourth-order valence-electron chi connectivity index (χ4n) is 2.96. The molecule has 0 saturated carbocycles. The molecule has 3 rings (SSSR count). The van der Waals surface area contributed by atoms with Crippen LogP contribution in [0.2, 0.25) is 0 Å². The molecule has 0 spiro atoms. The predicted molar refractivity (Wildman–Crippen MR) is 107 cm³/mol. The third-order valence-electron chi connectivity index (χ3n) is 4.57. The molecule has 1 atom stereocenters. The number of amides is 3. The van der Waals surface area contributed by atoms with Gasteiger partial charge in [0.05, 0.1) is 4.90 Å². The number of hydrogen-bond donors (Lipinski definition) is 3. The summed E-state index contributed by atoms with van der Waals surface area (Å²) < 4.78 is 27.9. The van der Waals surface area contributed by atoms with E-state index in [0.29, 0.717) is 17.1 Å². The first-order chi connectivity index (χ1) is 13.2. The number of hydrogen-bond acceptors (Lipinski definition) is 4. The Balaban J connectivity index is 1.81. The van der Waals surface area contributed by atoms with Crippen molar-refractivity contribution in [3.8, 4) is 0 Å². The molecule has 1 unspecified atom stereocenters. The molecule has 9 heteroatoms. The summed E-state index contributed by atoms with van der Waals surface area (Å²) in [6, 6.07) is 12.4. The number of carbonyl (C=O) groups is 2. The first kappa shape index (κ1) is 20.2. The second-order valence-corrected chi connectivity index (χ2v) is 8.72. The number of imide groups is 1. The summed E-state index contributed by atoms with van der Waals surface area (Å²) in [5.41, 5.74) is 0.506. The second-order valence-electron chi connectivity index (χ2n) is 6.66. The van der Waals surface area contributed by atoms with Crippen LogP contribution in [0, 0.1) is 0 Å².